The Bertz CT molecular complexity index is 1720. The Morgan fingerprint density at radius 1 is 0.761 bits per heavy atom. The lowest BCUT2D eigenvalue weighted by Crippen LogP contribution is -2.53. The Balaban J connectivity index is 1.81. The van der Waals surface area contributed by atoms with E-state index in [2.05, 4.69) is 5.32 Å². The van der Waals surface area contributed by atoms with Gasteiger partial charge in [0, 0.05) is 25.6 Å². The number of carbonyl (C=O) groups is 2. The molecule has 0 saturated heterocycles. The zero-order valence-electron chi connectivity index (χ0n) is 26.4. The number of anilines is 1. The third kappa shape index (κ3) is 8.16. The fraction of sp³-hybridized carbons (Fsp3) is 0.257. The molecule has 0 aliphatic carbocycles. The summed E-state index contributed by atoms with van der Waals surface area (Å²) in [7, 11) is 0.109. The van der Waals surface area contributed by atoms with Crippen LogP contribution in [0.1, 0.15) is 18.1 Å². The van der Waals surface area contributed by atoms with E-state index in [0.717, 1.165) is 9.87 Å². The van der Waals surface area contributed by atoms with Crippen LogP contribution >= 0.6 is 0 Å². The molecule has 0 fully saturated rings. The first-order valence-electron chi connectivity index (χ1n) is 14.8. The maximum Gasteiger partial charge on any atom is 0.264 e. The molecule has 0 saturated carbocycles. The summed E-state index contributed by atoms with van der Waals surface area (Å²) in [5.74, 6) is 0.254. The number of benzene rings is 4. The molecule has 11 heteroatoms. The quantitative estimate of drug-likeness (QED) is 0.200. The summed E-state index contributed by atoms with van der Waals surface area (Å²) in [6, 6.07) is 28.3. The zero-order valence-corrected chi connectivity index (χ0v) is 27.2. The average molecular weight is 646 g/mol. The van der Waals surface area contributed by atoms with Crippen LogP contribution in [0.3, 0.4) is 0 Å². The molecule has 0 aliphatic rings. The highest BCUT2D eigenvalue weighted by Crippen LogP contribution is 2.32. The molecule has 4 aromatic carbocycles. The van der Waals surface area contributed by atoms with E-state index in [1.807, 2.05) is 36.4 Å². The van der Waals surface area contributed by atoms with Crippen LogP contribution in [0.5, 0.6) is 17.2 Å². The predicted molar refractivity (Wildman–Crippen MR) is 177 cm³/mol. The molecule has 0 aromatic heterocycles. The fourth-order valence-corrected chi connectivity index (χ4v) is 6.47. The van der Waals surface area contributed by atoms with Gasteiger partial charge in [0.15, 0.2) is 11.5 Å². The van der Waals surface area contributed by atoms with E-state index in [-0.39, 0.29) is 35.2 Å². The van der Waals surface area contributed by atoms with Gasteiger partial charge in [-0.05, 0) is 54.4 Å². The maximum atomic E-state index is 14.5. The Morgan fingerprint density at radius 3 is 2.04 bits per heavy atom. The lowest BCUT2D eigenvalue weighted by Gasteiger charge is -2.34. The molecular weight excluding hydrogens is 606 g/mol. The Kier molecular flexibility index (Phi) is 11.6. The highest BCUT2D eigenvalue weighted by atomic mass is 32.2. The number of para-hydroxylation sites is 1. The van der Waals surface area contributed by atoms with Crippen LogP contribution in [0.15, 0.2) is 108 Å². The van der Waals surface area contributed by atoms with Crippen molar-refractivity contribution in [3.05, 3.63) is 114 Å². The molecule has 0 radical (unpaired) electrons. The van der Waals surface area contributed by atoms with Gasteiger partial charge < -0.3 is 24.4 Å². The normalized spacial score (nSPS) is 11.7. The highest BCUT2D eigenvalue weighted by molar-refractivity contribution is 7.92. The van der Waals surface area contributed by atoms with Gasteiger partial charge in [0.05, 0.1) is 31.9 Å². The summed E-state index contributed by atoms with van der Waals surface area (Å²) in [5, 5.41) is 2.86. The third-order valence-electron chi connectivity index (χ3n) is 7.38. The number of amides is 2. The summed E-state index contributed by atoms with van der Waals surface area (Å²) in [6.07, 6.45) is 0.218. The van der Waals surface area contributed by atoms with Crippen LogP contribution in [0.4, 0.5) is 5.69 Å². The monoisotopic (exact) mass is 645 g/mol. The minimum atomic E-state index is -4.31. The van der Waals surface area contributed by atoms with Crippen molar-refractivity contribution in [1.82, 2.24) is 10.2 Å². The number of methoxy groups -OCH3 is 3. The van der Waals surface area contributed by atoms with Gasteiger partial charge in [-0.25, -0.2) is 8.42 Å². The smallest absolute Gasteiger partial charge is 0.264 e. The minimum absolute atomic E-state index is 0.0315. The lowest BCUT2D eigenvalue weighted by molar-refractivity contribution is -0.140. The molecule has 0 aliphatic heterocycles. The van der Waals surface area contributed by atoms with Crippen molar-refractivity contribution in [1.29, 1.82) is 0 Å². The largest absolute Gasteiger partial charge is 0.497 e. The lowest BCUT2D eigenvalue weighted by atomic mass is 10.0. The number of nitrogens with one attached hydrogen (secondary N) is 1. The topological polar surface area (TPSA) is 114 Å². The molecular formula is C35H39N3O7S. The van der Waals surface area contributed by atoms with Gasteiger partial charge in [0.25, 0.3) is 10.0 Å². The number of likely N-dealkylation sites (N-methyl/N-ethyl adjacent to an activating group) is 1. The molecule has 46 heavy (non-hydrogen) atoms. The summed E-state index contributed by atoms with van der Waals surface area (Å²) < 4.78 is 45.6. The van der Waals surface area contributed by atoms with Crippen molar-refractivity contribution < 1.29 is 32.2 Å². The number of hydrogen-bond donors (Lipinski definition) is 1. The van der Waals surface area contributed by atoms with Gasteiger partial charge in [-0.2, -0.15) is 0 Å². The third-order valence-corrected chi connectivity index (χ3v) is 9.15. The average Bonchev–Trinajstić information content (AvgIpc) is 3.09. The van der Waals surface area contributed by atoms with Crippen molar-refractivity contribution in [3.63, 3.8) is 0 Å². The molecule has 2 amide bonds. The molecule has 4 rings (SSSR count). The summed E-state index contributed by atoms with van der Waals surface area (Å²) in [5.41, 5.74) is 1.84. The van der Waals surface area contributed by atoms with Crippen LogP contribution < -0.4 is 23.8 Å². The van der Waals surface area contributed by atoms with E-state index in [0.29, 0.717) is 23.6 Å². The minimum Gasteiger partial charge on any atom is -0.497 e. The van der Waals surface area contributed by atoms with E-state index in [1.54, 1.807) is 62.6 Å². The van der Waals surface area contributed by atoms with Crippen molar-refractivity contribution in [3.8, 4) is 17.2 Å². The molecule has 242 valence electrons. The van der Waals surface area contributed by atoms with E-state index in [4.69, 9.17) is 14.2 Å². The van der Waals surface area contributed by atoms with E-state index >= 15 is 0 Å². The van der Waals surface area contributed by atoms with E-state index in [1.165, 1.54) is 37.3 Å². The molecule has 0 spiro atoms. The zero-order chi connectivity index (χ0) is 33.1. The molecule has 0 unspecified atom stereocenters. The standard InChI is InChI=1S/C35H39N3O7S/c1-5-36-35(40)31(22-26-13-8-6-9-14-26)37(24-27-15-12-18-29(21-27)43-2)34(39)25-38(28-16-10-7-11-17-28)46(41,42)30-19-20-32(44-3)33(23-30)45-4/h6-21,23,31H,5,22,24-25H2,1-4H3,(H,36,40)/t31-/m0/s1. The number of ether oxygens (including phenoxy) is 3. The SMILES string of the molecule is CCNC(=O)[C@H](Cc1ccccc1)N(Cc1cccc(OC)c1)C(=O)CN(c1ccccc1)S(=O)(=O)c1ccc(OC)c(OC)c1. The molecule has 4 aromatic rings. The van der Waals surface area contributed by atoms with Crippen LogP contribution in [0, 0.1) is 0 Å². The molecule has 1 atom stereocenters. The van der Waals surface area contributed by atoms with Crippen molar-refractivity contribution in [2.75, 3.05) is 38.7 Å². The van der Waals surface area contributed by atoms with Crippen molar-refractivity contribution in [2.45, 2.75) is 30.8 Å². The van der Waals surface area contributed by atoms with Gasteiger partial charge in [0.1, 0.15) is 18.3 Å². The second-order valence-corrected chi connectivity index (χ2v) is 12.2. The van der Waals surface area contributed by atoms with Gasteiger partial charge >= 0.3 is 0 Å². The fourth-order valence-electron chi connectivity index (χ4n) is 5.04. The summed E-state index contributed by atoms with van der Waals surface area (Å²) in [6.45, 7) is 1.62. The van der Waals surface area contributed by atoms with Gasteiger partial charge in [-0.1, -0.05) is 60.7 Å². The van der Waals surface area contributed by atoms with Crippen LogP contribution in [0.2, 0.25) is 0 Å². The first-order valence-corrected chi connectivity index (χ1v) is 16.2. The number of rotatable bonds is 15. The Morgan fingerprint density at radius 2 is 1.41 bits per heavy atom. The van der Waals surface area contributed by atoms with E-state index < -0.39 is 28.5 Å². The number of carbonyl (C=O) groups excluding carboxylic acids is 2. The van der Waals surface area contributed by atoms with Gasteiger partial charge in [-0.15, -0.1) is 0 Å². The van der Waals surface area contributed by atoms with Crippen LogP contribution in [-0.2, 0) is 32.6 Å². The number of hydrogen-bond acceptors (Lipinski definition) is 7. The number of sulfonamides is 1. The van der Waals surface area contributed by atoms with Crippen molar-refractivity contribution >= 4 is 27.5 Å². The van der Waals surface area contributed by atoms with E-state index in [9.17, 15) is 18.0 Å². The second-order valence-electron chi connectivity index (χ2n) is 10.3. The number of nitrogens with zero attached hydrogens (tertiary/aromatic N) is 2. The van der Waals surface area contributed by atoms with Gasteiger partial charge in [0.2, 0.25) is 11.8 Å². The second kappa shape index (κ2) is 15.8. The first kappa shape index (κ1) is 33.9. The predicted octanol–water partition coefficient (Wildman–Crippen LogP) is 4.68. The molecule has 10 nitrogen and oxygen atoms in total. The highest BCUT2D eigenvalue weighted by Gasteiger charge is 2.35. The summed E-state index contributed by atoms with van der Waals surface area (Å²) in [4.78, 5) is 29.5. The molecule has 1 N–H and O–H groups in total. The summed E-state index contributed by atoms with van der Waals surface area (Å²) >= 11 is 0. The maximum absolute atomic E-state index is 14.5. The molecule has 0 heterocycles. The Hall–Kier alpha value is -5.03. The first-order chi connectivity index (χ1) is 22.2. The van der Waals surface area contributed by atoms with Gasteiger partial charge in [-0.3, -0.25) is 13.9 Å². The Labute approximate surface area is 270 Å². The van der Waals surface area contributed by atoms with Crippen LogP contribution in [0.25, 0.3) is 0 Å². The van der Waals surface area contributed by atoms with Crippen molar-refractivity contribution in [2.24, 2.45) is 0 Å². The van der Waals surface area contributed by atoms with Crippen LogP contribution in [-0.4, -0.2) is 65.6 Å². The molecule has 0 bridgehead atoms.